The Labute approximate surface area is 174 Å². The molecule has 1 fully saturated rings. The third-order valence-electron chi connectivity index (χ3n) is 5.14. The molecule has 8 heteroatoms. The lowest BCUT2D eigenvalue weighted by atomic mass is 10.0. The Morgan fingerprint density at radius 2 is 2.00 bits per heavy atom. The molecule has 1 aromatic carbocycles. The van der Waals surface area contributed by atoms with Crippen LogP contribution in [-0.2, 0) is 4.74 Å². The van der Waals surface area contributed by atoms with E-state index in [1.807, 2.05) is 19.1 Å². The second-order valence-electron chi connectivity index (χ2n) is 6.99. The largest absolute Gasteiger partial charge is 0.496 e. The lowest BCUT2D eigenvalue weighted by Crippen LogP contribution is -2.20. The van der Waals surface area contributed by atoms with Crippen LogP contribution in [0.1, 0.15) is 12.0 Å². The molecule has 1 saturated heterocycles. The van der Waals surface area contributed by atoms with Crippen LogP contribution in [-0.4, -0.2) is 43.4 Å². The Balaban J connectivity index is 1.94. The number of nitrogens with two attached hydrogens (primary N) is 1. The number of pyridine rings is 2. The number of halogens is 1. The highest BCUT2D eigenvalue weighted by atomic mass is 35.5. The van der Waals surface area contributed by atoms with Crippen molar-refractivity contribution in [3.8, 4) is 22.8 Å². The van der Waals surface area contributed by atoms with E-state index in [0.29, 0.717) is 34.6 Å². The van der Waals surface area contributed by atoms with Gasteiger partial charge in [-0.05, 0) is 25.5 Å². The Bertz CT molecular complexity index is 1040. The van der Waals surface area contributed by atoms with Crippen LogP contribution in [0.4, 0.5) is 11.6 Å². The zero-order chi connectivity index (χ0) is 20.5. The van der Waals surface area contributed by atoms with Crippen molar-refractivity contribution in [2.45, 2.75) is 19.4 Å². The van der Waals surface area contributed by atoms with Gasteiger partial charge < -0.3 is 25.3 Å². The van der Waals surface area contributed by atoms with E-state index >= 15 is 0 Å². The number of benzene rings is 1. The molecule has 1 aliphatic rings. The van der Waals surface area contributed by atoms with Crippen LogP contribution in [0.25, 0.3) is 22.0 Å². The normalized spacial score (nSPS) is 16.2. The lowest BCUT2D eigenvalue weighted by molar-refractivity contribution is 0.195. The summed E-state index contributed by atoms with van der Waals surface area (Å²) in [4.78, 5) is 9.15. The fourth-order valence-electron chi connectivity index (χ4n) is 3.61. The third kappa shape index (κ3) is 3.63. The Morgan fingerprint density at radius 3 is 2.69 bits per heavy atom. The van der Waals surface area contributed by atoms with Crippen LogP contribution in [0.15, 0.2) is 24.4 Å². The Kier molecular flexibility index (Phi) is 5.34. The van der Waals surface area contributed by atoms with Crippen molar-refractivity contribution >= 4 is 34.0 Å². The maximum Gasteiger partial charge on any atom is 0.141 e. The highest BCUT2D eigenvalue weighted by molar-refractivity contribution is 6.35. The second kappa shape index (κ2) is 7.93. The standard InChI is InChI=1S/C21H23ClN4O3/c1-11-16(27-2)8-17(28-3)20(22)19(11)15-6-12-9-24-18(23)7-14(12)21(26-15)25-13-4-5-29-10-13/h6-9,13H,4-5,10H2,1-3H3,(H2,23,24)(H,25,26). The van der Waals surface area contributed by atoms with Gasteiger partial charge in [0.05, 0.1) is 37.6 Å². The number of ether oxygens (including phenoxy) is 3. The maximum absolute atomic E-state index is 6.68. The van der Waals surface area contributed by atoms with Gasteiger partial charge in [-0.2, -0.15) is 0 Å². The van der Waals surface area contributed by atoms with E-state index in [1.54, 1.807) is 26.5 Å². The lowest BCUT2D eigenvalue weighted by Gasteiger charge is -2.19. The van der Waals surface area contributed by atoms with E-state index in [-0.39, 0.29) is 6.04 Å². The minimum Gasteiger partial charge on any atom is -0.496 e. The first kappa shape index (κ1) is 19.5. The topological polar surface area (TPSA) is 91.5 Å². The summed E-state index contributed by atoms with van der Waals surface area (Å²) in [7, 11) is 3.19. The molecule has 7 nitrogen and oxygen atoms in total. The minimum atomic E-state index is 0.187. The summed E-state index contributed by atoms with van der Waals surface area (Å²) < 4.78 is 16.5. The zero-order valence-electron chi connectivity index (χ0n) is 16.6. The number of aromatic nitrogens is 2. The Hall–Kier alpha value is -2.77. The molecule has 152 valence electrons. The number of nitrogen functional groups attached to an aromatic ring is 1. The Morgan fingerprint density at radius 1 is 1.21 bits per heavy atom. The molecule has 0 amide bonds. The van der Waals surface area contributed by atoms with Crippen LogP contribution >= 0.6 is 11.6 Å². The molecule has 3 heterocycles. The highest BCUT2D eigenvalue weighted by Crippen LogP contribution is 2.43. The van der Waals surface area contributed by atoms with Crippen LogP contribution < -0.4 is 20.5 Å². The predicted molar refractivity (Wildman–Crippen MR) is 115 cm³/mol. The smallest absolute Gasteiger partial charge is 0.141 e. The molecule has 0 spiro atoms. The molecule has 0 radical (unpaired) electrons. The number of anilines is 2. The van der Waals surface area contributed by atoms with Crippen molar-refractivity contribution < 1.29 is 14.2 Å². The summed E-state index contributed by atoms with van der Waals surface area (Å²) in [6.07, 6.45) is 2.66. The first-order valence-electron chi connectivity index (χ1n) is 9.33. The SMILES string of the molecule is COc1cc(OC)c(Cl)c(-c2cc3cnc(N)cc3c(NC3CCOC3)n2)c1C. The van der Waals surface area contributed by atoms with Crippen LogP contribution in [0, 0.1) is 6.92 Å². The molecule has 29 heavy (non-hydrogen) atoms. The van der Waals surface area contributed by atoms with E-state index in [0.717, 1.165) is 40.7 Å². The average molecular weight is 415 g/mol. The summed E-state index contributed by atoms with van der Waals surface area (Å²) in [5.74, 6) is 2.37. The van der Waals surface area contributed by atoms with Crippen molar-refractivity contribution in [1.82, 2.24) is 9.97 Å². The molecule has 0 bridgehead atoms. The van der Waals surface area contributed by atoms with Crippen molar-refractivity contribution in [3.05, 3.63) is 35.0 Å². The summed E-state index contributed by atoms with van der Waals surface area (Å²) >= 11 is 6.68. The van der Waals surface area contributed by atoms with Gasteiger partial charge >= 0.3 is 0 Å². The predicted octanol–water partition coefficient (Wildman–Crippen LogP) is 4.06. The number of hydrogen-bond acceptors (Lipinski definition) is 7. The van der Waals surface area contributed by atoms with Gasteiger partial charge in [-0.15, -0.1) is 0 Å². The number of hydrogen-bond donors (Lipinski definition) is 2. The molecule has 1 unspecified atom stereocenters. The quantitative estimate of drug-likeness (QED) is 0.650. The third-order valence-corrected chi connectivity index (χ3v) is 5.52. The van der Waals surface area contributed by atoms with E-state index < -0.39 is 0 Å². The summed E-state index contributed by atoms with van der Waals surface area (Å²) in [5, 5.41) is 5.78. The number of methoxy groups -OCH3 is 2. The summed E-state index contributed by atoms with van der Waals surface area (Å²) in [6.45, 7) is 3.32. The highest BCUT2D eigenvalue weighted by Gasteiger charge is 2.22. The van der Waals surface area contributed by atoms with Crippen molar-refractivity contribution in [2.75, 3.05) is 38.5 Å². The van der Waals surface area contributed by atoms with Crippen molar-refractivity contribution in [1.29, 1.82) is 0 Å². The summed E-state index contributed by atoms with van der Waals surface area (Å²) in [6, 6.07) is 5.74. The van der Waals surface area contributed by atoms with Crippen LogP contribution in [0.2, 0.25) is 5.02 Å². The first-order valence-corrected chi connectivity index (χ1v) is 9.71. The molecule has 1 aliphatic heterocycles. The van der Waals surface area contributed by atoms with Gasteiger partial charge in [-0.1, -0.05) is 11.6 Å². The summed E-state index contributed by atoms with van der Waals surface area (Å²) in [5.41, 5.74) is 8.26. The molecular formula is C21H23ClN4O3. The molecule has 3 N–H and O–H groups in total. The van der Waals surface area contributed by atoms with Gasteiger partial charge in [-0.25, -0.2) is 9.97 Å². The fourth-order valence-corrected chi connectivity index (χ4v) is 3.98. The molecule has 4 rings (SSSR count). The van der Waals surface area contributed by atoms with Gasteiger partial charge in [0.2, 0.25) is 0 Å². The van der Waals surface area contributed by atoms with E-state index in [4.69, 9.17) is 36.5 Å². The van der Waals surface area contributed by atoms with Gasteiger partial charge in [0, 0.05) is 40.8 Å². The van der Waals surface area contributed by atoms with Gasteiger partial charge in [0.25, 0.3) is 0 Å². The molecule has 2 aromatic heterocycles. The first-order chi connectivity index (χ1) is 14.0. The van der Waals surface area contributed by atoms with E-state index in [2.05, 4.69) is 10.3 Å². The molecule has 1 atom stereocenters. The van der Waals surface area contributed by atoms with Crippen molar-refractivity contribution in [2.24, 2.45) is 0 Å². The van der Waals surface area contributed by atoms with Gasteiger partial charge in [0.15, 0.2) is 0 Å². The maximum atomic E-state index is 6.68. The number of rotatable bonds is 5. The molecule has 0 aliphatic carbocycles. The van der Waals surface area contributed by atoms with Gasteiger partial charge in [0.1, 0.15) is 23.1 Å². The van der Waals surface area contributed by atoms with Crippen LogP contribution in [0.5, 0.6) is 11.5 Å². The molecular weight excluding hydrogens is 392 g/mol. The zero-order valence-corrected chi connectivity index (χ0v) is 17.3. The van der Waals surface area contributed by atoms with Crippen LogP contribution in [0.3, 0.4) is 0 Å². The second-order valence-corrected chi connectivity index (χ2v) is 7.36. The molecule has 3 aromatic rings. The number of nitrogens with zero attached hydrogens (tertiary/aromatic N) is 2. The minimum absolute atomic E-state index is 0.187. The molecule has 0 saturated carbocycles. The van der Waals surface area contributed by atoms with E-state index in [1.165, 1.54) is 0 Å². The number of fused-ring (bicyclic) bond motifs is 1. The van der Waals surface area contributed by atoms with E-state index in [9.17, 15) is 0 Å². The average Bonchev–Trinajstić information content (AvgIpc) is 3.22. The van der Waals surface area contributed by atoms with Crippen molar-refractivity contribution in [3.63, 3.8) is 0 Å². The van der Waals surface area contributed by atoms with Gasteiger partial charge in [-0.3, -0.25) is 0 Å². The monoisotopic (exact) mass is 414 g/mol. The number of nitrogens with one attached hydrogen (secondary N) is 1. The fraction of sp³-hybridized carbons (Fsp3) is 0.333.